The van der Waals surface area contributed by atoms with Gasteiger partial charge in [-0.15, -0.1) is 0 Å². The molecule has 3 unspecified atom stereocenters. The number of ether oxygens (including phenoxy) is 1. The fourth-order valence-corrected chi connectivity index (χ4v) is 2.23. The van der Waals surface area contributed by atoms with Crippen molar-refractivity contribution in [1.82, 2.24) is 0 Å². The highest BCUT2D eigenvalue weighted by molar-refractivity contribution is 6.22. The molecular weight excluding hydrogens is 248 g/mol. The van der Waals surface area contributed by atoms with E-state index < -0.39 is 35.5 Å². The summed E-state index contributed by atoms with van der Waals surface area (Å²) in [7, 11) is 0. The van der Waals surface area contributed by atoms with Gasteiger partial charge in [0.25, 0.3) is 0 Å². The number of ketones is 3. The summed E-state index contributed by atoms with van der Waals surface area (Å²) in [5.74, 6) is -3.63. The van der Waals surface area contributed by atoms with Gasteiger partial charge in [-0.25, -0.2) is 0 Å². The largest absolute Gasteiger partial charge is 0.453 e. The van der Waals surface area contributed by atoms with Crippen LogP contribution < -0.4 is 0 Å². The molecule has 0 radical (unpaired) electrons. The maximum atomic E-state index is 12.1. The summed E-state index contributed by atoms with van der Waals surface area (Å²) >= 11 is 0. The third-order valence-corrected chi connectivity index (χ3v) is 3.15. The average Bonchev–Trinajstić information content (AvgIpc) is 2.51. The molecule has 5 heteroatoms. The summed E-state index contributed by atoms with van der Waals surface area (Å²) in [5.41, 5.74) is 0. The molecule has 0 N–H and O–H groups in total. The molecule has 5 nitrogen and oxygen atoms in total. The molecule has 1 fully saturated rings. The Kier molecular flexibility index (Phi) is 4.97. The summed E-state index contributed by atoms with van der Waals surface area (Å²) in [4.78, 5) is 46.7. The zero-order chi connectivity index (χ0) is 14.7. The van der Waals surface area contributed by atoms with Gasteiger partial charge < -0.3 is 9.53 Å². The second-order valence-corrected chi connectivity index (χ2v) is 5.60. The number of carbonyl (C=O) groups excluding carboxylic acids is 4. The van der Waals surface area contributed by atoms with Gasteiger partial charge >= 0.3 is 5.97 Å². The first-order valence-electron chi connectivity index (χ1n) is 6.51. The maximum absolute atomic E-state index is 12.1. The quantitative estimate of drug-likeness (QED) is 0.536. The number of hydrogen-bond donors (Lipinski definition) is 0. The van der Waals surface area contributed by atoms with E-state index in [0.717, 1.165) is 0 Å². The fraction of sp³-hybridized carbons (Fsp3) is 0.714. The number of cyclic esters (lactones) is 1. The van der Waals surface area contributed by atoms with Gasteiger partial charge in [-0.05, 0) is 19.3 Å². The molecule has 106 valence electrons. The Morgan fingerprint density at radius 3 is 2.26 bits per heavy atom. The van der Waals surface area contributed by atoms with Crippen LogP contribution in [0, 0.1) is 17.8 Å². The first-order chi connectivity index (χ1) is 8.73. The van der Waals surface area contributed by atoms with E-state index in [2.05, 4.69) is 0 Å². The van der Waals surface area contributed by atoms with Crippen LogP contribution in [0.1, 0.15) is 40.5 Å². The summed E-state index contributed by atoms with van der Waals surface area (Å²) < 4.78 is 4.98. The van der Waals surface area contributed by atoms with Crippen LogP contribution in [0.3, 0.4) is 0 Å². The van der Waals surface area contributed by atoms with Gasteiger partial charge in [-0.3, -0.25) is 14.4 Å². The zero-order valence-electron chi connectivity index (χ0n) is 11.8. The van der Waals surface area contributed by atoms with E-state index in [1.165, 1.54) is 6.92 Å². The molecule has 0 aromatic rings. The lowest BCUT2D eigenvalue weighted by molar-refractivity contribution is -0.148. The Morgan fingerprint density at radius 1 is 1.21 bits per heavy atom. The molecule has 0 aliphatic carbocycles. The smallest absolute Gasteiger partial charge is 0.325 e. The number of hydrogen-bond acceptors (Lipinski definition) is 5. The number of carbonyl (C=O) groups is 4. The molecule has 0 aromatic heterocycles. The van der Waals surface area contributed by atoms with Crippen molar-refractivity contribution < 1.29 is 23.9 Å². The molecule has 1 saturated heterocycles. The minimum absolute atomic E-state index is 0.0464. The summed E-state index contributed by atoms with van der Waals surface area (Å²) in [6.45, 7) is 6.75. The number of Topliss-reactive ketones (excluding diaryl/α,β-unsaturated/α-hetero) is 3. The minimum atomic E-state index is -1.34. The molecule has 0 saturated carbocycles. The zero-order valence-corrected chi connectivity index (χ0v) is 11.8. The standard InChI is InChI=1S/C14H20O5/c1-7(2)5-10-13(17)11(14(18)19-10)12(16)8(3)6-9(4)15/h7-8,10-11H,5-6H2,1-4H3. The molecule has 0 amide bonds. The highest BCUT2D eigenvalue weighted by Crippen LogP contribution is 2.26. The number of esters is 1. The topological polar surface area (TPSA) is 77.5 Å². The third kappa shape index (κ3) is 3.72. The molecule has 1 rings (SSSR count). The van der Waals surface area contributed by atoms with E-state index in [9.17, 15) is 19.2 Å². The second kappa shape index (κ2) is 6.08. The van der Waals surface area contributed by atoms with Crippen molar-refractivity contribution in [3.05, 3.63) is 0 Å². The molecule has 3 atom stereocenters. The van der Waals surface area contributed by atoms with Crippen LogP contribution in [-0.2, 0) is 23.9 Å². The van der Waals surface area contributed by atoms with Crippen LogP contribution in [0.25, 0.3) is 0 Å². The van der Waals surface area contributed by atoms with E-state index in [0.29, 0.717) is 6.42 Å². The lowest BCUT2D eigenvalue weighted by Gasteiger charge is -2.11. The monoisotopic (exact) mass is 268 g/mol. The Bertz CT molecular complexity index is 410. The van der Waals surface area contributed by atoms with E-state index in [1.807, 2.05) is 13.8 Å². The van der Waals surface area contributed by atoms with Gasteiger partial charge in [0.1, 0.15) is 5.78 Å². The van der Waals surface area contributed by atoms with Crippen LogP contribution in [0.15, 0.2) is 0 Å². The average molecular weight is 268 g/mol. The van der Waals surface area contributed by atoms with Crippen molar-refractivity contribution >= 4 is 23.3 Å². The Hall–Kier alpha value is -1.52. The molecule has 1 heterocycles. The molecular formula is C14H20O5. The van der Waals surface area contributed by atoms with Gasteiger partial charge in [-0.2, -0.15) is 0 Å². The van der Waals surface area contributed by atoms with Crippen LogP contribution in [0.5, 0.6) is 0 Å². The van der Waals surface area contributed by atoms with E-state index in [-0.39, 0.29) is 18.1 Å². The van der Waals surface area contributed by atoms with Crippen molar-refractivity contribution in [2.45, 2.75) is 46.6 Å². The Morgan fingerprint density at radius 2 is 1.79 bits per heavy atom. The molecule has 1 aliphatic rings. The van der Waals surface area contributed by atoms with Crippen LogP contribution >= 0.6 is 0 Å². The SMILES string of the molecule is CC(=O)CC(C)C(=O)C1C(=O)OC(CC(C)C)C1=O. The van der Waals surface area contributed by atoms with E-state index in [1.54, 1.807) is 6.92 Å². The lowest BCUT2D eigenvalue weighted by Crippen LogP contribution is -2.32. The predicted octanol–water partition coefficient (Wildman–Crippen LogP) is 1.33. The Balaban J connectivity index is 2.78. The van der Waals surface area contributed by atoms with Gasteiger partial charge in [-0.1, -0.05) is 20.8 Å². The molecule has 0 aromatic carbocycles. The first-order valence-corrected chi connectivity index (χ1v) is 6.51. The van der Waals surface area contributed by atoms with Crippen molar-refractivity contribution in [3.63, 3.8) is 0 Å². The highest BCUT2D eigenvalue weighted by atomic mass is 16.6. The normalized spacial score (nSPS) is 24.5. The summed E-state index contributed by atoms with van der Waals surface area (Å²) in [6, 6.07) is 0. The fourth-order valence-electron chi connectivity index (χ4n) is 2.23. The molecule has 1 aliphatic heterocycles. The second-order valence-electron chi connectivity index (χ2n) is 5.60. The van der Waals surface area contributed by atoms with E-state index in [4.69, 9.17) is 4.74 Å². The summed E-state index contributed by atoms with van der Waals surface area (Å²) in [5, 5.41) is 0. The van der Waals surface area contributed by atoms with E-state index >= 15 is 0 Å². The highest BCUT2D eigenvalue weighted by Gasteiger charge is 2.48. The molecule has 0 spiro atoms. The third-order valence-electron chi connectivity index (χ3n) is 3.15. The Labute approximate surface area is 112 Å². The molecule has 19 heavy (non-hydrogen) atoms. The first kappa shape index (κ1) is 15.5. The lowest BCUT2D eigenvalue weighted by atomic mass is 9.87. The predicted molar refractivity (Wildman–Crippen MR) is 67.3 cm³/mol. The van der Waals surface area contributed by atoms with Gasteiger partial charge in [0.05, 0.1) is 0 Å². The number of rotatable bonds is 6. The van der Waals surface area contributed by atoms with Gasteiger partial charge in [0, 0.05) is 12.3 Å². The van der Waals surface area contributed by atoms with Crippen molar-refractivity contribution in [2.75, 3.05) is 0 Å². The van der Waals surface area contributed by atoms with Gasteiger partial charge in [0.2, 0.25) is 0 Å². The van der Waals surface area contributed by atoms with Crippen molar-refractivity contribution in [2.24, 2.45) is 17.8 Å². The molecule has 0 bridgehead atoms. The minimum Gasteiger partial charge on any atom is -0.453 e. The van der Waals surface area contributed by atoms with Crippen LogP contribution in [0.4, 0.5) is 0 Å². The maximum Gasteiger partial charge on any atom is 0.325 e. The van der Waals surface area contributed by atoms with Crippen LogP contribution in [0.2, 0.25) is 0 Å². The van der Waals surface area contributed by atoms with Crippen LogP contribution in [-0.4, -0.2) is 29.4 Å². The summed E-state index contributed by atoms with van der Waals surface area (Å²) in [6.07, 6.45) is -0.342. The van der Waals surface area contributed by atoms with Crippen molar-refractivity contribution in [3.8, 4) is 0 Å². The van der Waals surface area contributed by atoms with Crippen molar-refractivity contribution in [1.29, 1.82) is 0 Å². The van der Waals surface area contributed by atoms with Gasteiger partial charge in [0.15, 0.2) is 23.6 Å².